The lowest BCUT2D eigenvalue weighted by molar-refractivity contribution is 0.678. The van der Waals surface area contributed by atoms with Gasteiger partial charge in [0.2, 0.25) is 0 Å². The second-order valence-electron chi connectivity index (χ2n) is 3.09. The predicted molar refractivity (Wildman–Crippen MR) is 52.4 cm³/mol. The Labute approximate surface area is 85.0 Å². The van der Waals surface area contributed by atoms with E-state index in [1.54, 1.807) is 6.92 Å². The van der Waals surface area contributed by atoms with Gasteiger partial charge in [-0.2, -0.15) is 9.78 Å². The average molecular weight is 206 g/mol. The molecular weight excluding hydrogens is 196 g/mol. The van der Waals surface area contributed by atoms with Gasteiger partial charge in [-0.1, -0.05) is 0 Å². The molecule has 0 amide bonds. The molecule has 15 heavy (non-hydrogen) atoms. The van der Waals surface area contributed by atoms with E-state index < -0.39 is 0 Å². The Morgan fingerprint density at radius 2 is 2.33 bits per heavy atom. The smallest absolute Gasteiger partial charge is 0.266 e. The van der Waals surface area contributed by atoms with Crippen LogP contribution in [0.5, 0.6) is 0 Å². The van der Waals surface area contributed by atoms with Crippen LogP contribution in [0.1, 0.15) is 18.8 Å². The van der Waals surface area contributed by atoms with Crippen molar-refractivity contribution < 1.29 is 0 Å². The van der Waals surface area contributed by atoms with E-state index >= 15 is 0 Å². The van der Waals surface area contributed by atoms with Gasteiger partial charge in [-0.15, -0.1) is 0 Å². The largest absolute Gasteiger partial charge is 0.324 e. The number of nitrogens with one attached hydrogen (secondary N) is 1. The highest BCUT2D eigenvalue weighted by atomic mass is 16.1. The van der Waals surface area contributed by atoms with Crippen molar-refractivity contribution in [3.63, 3.8) is 0 Å². The van der Waals surface area contributed by atoms with E-state index in [1.165, 1.54) is 23.4 Å². The van der Waals surface area contributed by atoms with Crippen LogP contribution in [0.3, 0.4) is 0 Å². The zero-order chi connectivity index (χ0) is 10.8. The second-order valence-corrected chi connectivity index (χ2v) is 3.09. The van der Waals surface area contributed by atoms with Crippen LogP contribution < -0.4 is 11.3 Å². The van der Waals surface area contributed by atoms with Gasteiger partial charge in [-0.05, 0) is 6.92 Å². The fourth-order valence-electron chi connectivity index (χ4n) is 1.19. The summed E-state index contributed by atoms with van der Waals surface area (Å²) in [5.74, 6) is 1.08. The normalized spacial score (nSPS) is 12.7. The molecule has 0 aliphatic carbocycles. The highest BCUT2D eigenvalue weighted by Gasteiger charge is 2.10. The Morgan fingerprint density at radius 1 is 1.53 bits per heavy atom. The molecule has 78 valence electrons. The van der Waals surface area contributed by atoms with E-state index in [4.69, 9.17) is 5.73 Å². The third kappa shape index (κ3) is 1.77. The SMILES string of the molecule is CC(N)c1ncnn1-c1c[nH]c(=O)cn1. The minimum atomic E-state index is -0.263. The van der Waals surface area contributed by atoms with Crippen LogP contribution in [0.15, 0.2) is 23.5 Å². The number of aromatic amines is 1. The number of nitrogens with two attached hydrogens (primary N) is 1. The third-order valence-corrected chi connectivity index (χ3v) is 1.86. The molecule has 0 saturated heterocycles. The van der Waals surface area contributed by atoms with Crippen molar-refractivity contribution in [3.8, 4) is 5.82 Å². The van der Waals surface area contributed by atoms with Gasteiger partial charge in [-0.3, -0.25) is 4.79 Å². The number of nitrogens with zero attached hydrogens (tertiary/aromatic N) is 4. The number of hydrogen-bond acceptors (Lipinski definition) is 5. The summed E-state index contributed by atoms with van der Waals surface area (Å²) < 4.78 is 1.49. The van der Waals surface area contributed by atoms with Crippen molar-refractivity contribution in [1.29, 1.82) is 0 Å². The molecule has 0 radical (unpaired) electrons. The Morgan fingerprint density at radius 3 is 2.93 bits per heavy atom. The molecule has 1 unspecified atom stereocenters. The average Bonchev–Trinajstić information content (AvgIpc) is 2.67. The monoisotopic (exact) mass is 206 g/mol. The molecule has 7 heteroatoms. The van der Waals surface area contributed by atoms with Crippen molar-refractivity contribution in [1.82, 2.24) is 24.7 Å². The molecular formula is C8H10N6O. The maximum atomic E-state index is 10.8. The van der Waals surface area contributed by atoms with Crippen LogP contribution in [-0.4, -0.2) is 24.7 Å². The van der Waals surface area contributed by atoms with Crippen LogP contribution in [0.25, 0.3) is 5.82 Å². The number of rotatable bonds is 2. The van der Waals surface area contributed by atoms with Crippen molar-refractivity contribution >= 4 is 0 Å². The van der Waals surface area contributed by atoms with E-state index in [0.717, 1.165) is 0 Å². The summed E-state index contributed by atoms with van der Waals surface area (Å²) in [5, 5.41) is 3.98. The fourth-order valence-corrected chi connectivity index (χ4v) is 1.19. The lowest BCUT2D eigenvalue weighted by atomic mass is 10.3. The first-order valence-electron chi connectivity index (χ1n) is 4.39. The summed E-state index contributed by atoms with van der Waals surface area (Å²) in [7, 11) is 0. The highest BCUT2D eigenvalue weighted by molar-refractivity contribution is 5.17. The summed E-state index contributed by atoms with van der Waals surface area (Å²) >= 11 is 0. The Kier molecular flexibility index (Phi) is 2.30. The van der Waals surface area contributed by atoms with Gasteiger partial charge < -0.3 is 10.7 Å². The fraction of sp³-hybridized carbons (Fsp3) is 0.250. The van der Waals surface area contributed by atoms with Crippen molar-refractivity contribution in [2.45, 2.75) is 13.0 Å². The standard InChI is InChI=1S/C8H10N6O/c1-5(9)8-12-4-13-14(8)6-2-11-7(15)3-10-6/h2-5H,9H2,1H3,(H,11,15). The Bertz CT molecular complexity index is 493. The lowest BCUT2D eigenvalue weighted by Crippen LogP contribution is -2.16. The molecule has 0 spiro atoms. The molecule has 0 fully saturated rings. The van der Waals surface area contributed by atoms with Crippen molar-refractivity contribution in [2.24, 2.45) is 5.73 Å². The quantitative estimate of drug-likeness (QED) is 0.681. The van der Waals surface area contributed by atoms with Crippen LogP contribution >= 0.6 is 0 Å². The molecule has 3 N–H and O–H groups in total. The van der Waals surface area contributed by atoms with Crippen LogP contribution in [0.2, 0.25) is 0 Å². The van der Waals surface area contributed by atoms with E-state index in [9.17, 15) is 4.79 Å². The van der Waals surface area contributed by atoms with E-state index in [0.29, 0.717) is 11.6 Å². The summed E-state index contributed by atoms with van der Waals surface area (Å²) in [6.07, 6.45) is 4.04. The molecule has 0 bridgehead atoms. The van der Waals surface area contributed by atoms with E-state index in [1.807, 2.05) is 0 Å². The van der Waals surface area contributed by atoms with Crippen LogP contribution in [0, 0.1) is 0 Å². The minimum Gasteiger partial charge on any atom is -0.324 e. The number of hydrogen-bond donors (Lipinski definition) is 2. The summed E-state index contributed by atoms with van der Waals surface area (Å²) in [4.78, 5) is 21.3. The topological polar surface area (TPSA) is 102 Å². The predicted octanol–water partition coefficient (Wildman–Crippen LogP) is -0.630. The first-order chi connectivity index (χ1) is 7.18. The molecule has 2 rings (SSSR count). The maximum absolute atomic E-state index is 10.8. The molecule has 0 saturated carbocycles. The molecule has 0 aliphatic heterocycles. The van der Waals surface area contributed by atoms with Crippen LogP contribution in [-0.2, 0) is 0 Å². The Balaban J connectivity index is 2.49. The molecule has 0 aliphatic rings. The van der Waals surface area contributed by atoms with Gasteiger partial charge in [0.15, 0.2) is 11.6 Å². The van der Waals surface area contributed by atoms with Crippen LogP contribution in [0.4, 0.5) is 0 Å². The minimum absolute atomic E-state index is 0.249. The third-order valence-electron chi connectivity index (χ3n) is 1.86. The molecule has 0 aromatic carbocycles. The summed E-state index contributed by atoms with van der Waals surface area (Å²) in [5.41, 5.74) is 5.44. The van der Waals surface area contributed by atoms with Gasteiger partial charge >= 0.3 is 0 Å². The van der Waals surface area contributed by atoms with Gasteiger partial charge in [0, 0.05) is 6.20 Å². The first kappa shape index (κ1) is 9.53. The molecule has 2 aromatic rings. The van der Waals surface area contributed by atoms with Gasteiger partial charge in [0.1, 0.15) is 6.33 Å². The Hall–Kier alpha value is -2.02. The van der Waals surface area contributed by atoms with Gasteiger partial charge in [0.05, 0.1) is 12.2 Å². The van der Waals surface area contributed by atoms with Gasteiger partial charge in [-0.25, -0.2) is 9.97 Å². The first-order valence-corrected chi connectivity index (χ1v) is 4.39. The summed E-state index contributed by atoms with van der Waals surface area (Å²) in [6.45, 7) is 1.80. The van der Waals surface area contributed by atoms with E-state index in [-0.39, 0.29) is 11.6 Å². The summed E-state index contributed by atoms with van der Waals surface area (Å²) in [6, 6.07) is -0.249. The van der Waals surface area contributed by atoms with Crippen molar-refractivity contribution in [3.05, 3.63) is 34.9 Å². The van der Waals surface area contributed by atoms with Gasteiger partial charge in [0.25, 0.3) is 5.56 Å². The van der Waals surface area contributed by atoms with Crippen molar-refractivity contribution in [2.75, 3.05) is 0 Å². The number of H-pyrrole nitrogens is 1. The number of aromatic nitrogens is 5. The molecule has 2 heterocycles. The zero-order valence-electron chi connectivity index (χ0n) is 8.08. The zero-order valence-corrected chi connectivity index (χ0v) is 8.08. The molecule has 7 nitrogen and oxygen atoms in total. The second kappa shape index (κ2) is 3.62. The molecule has 2 aromatic heterocycles. The van der Waals surface area contributed by atoms with E-state index in [2.05, 4.69) is 20.1 Å². The maximum Gasteiger partial charge on any atom is 0.266 e. The molecule has 1 atom stereocenters. The lowest BCUT2D eigenvalue weighted by Gasteiger charge is -2.06. The highest BCUT2D eigenvalue weighted by Crippen LogP contribution is 2.08.